The molecule has 1 saturated heterocycles. The van der Waals surface area contributed by atoms with Gasteiger partial charge in [-0.15, -0.1) is 0 Å². The van der Waals surface area contributed by atoms with Gasteiger partial charge in [0, 0.05) is 25.8 Å². The number of anilines is 2. The van der Waals surface area contributed by atoms with E-state index in [4.69, 9.17) is 4.74 Å². The van der Waals surface area contributed by atoms with E-state index >= 15 is 0 Å². The number of amides is 1. The Bertz CT molecular complexity index is 714. The number of likely N-dealkylation sites (N-methyl/N-ethyl adjacent to an activating group) is 1. The standard InChI is InChI=1S/C18H22N4O2/c1-22(13-9-11-19-12-13)18(23)14-6-5-10-20-17(14)21-15-7-3-4-8-16(15)24-2/h3-8,10,13,19H,9,11-12H2,1-2H3,(H,20,21)/t13-/m1/s1. The van der Waals surface area contributed by atoms with Crippen LogP contribution < -0.4 is 15.4 Å². The minimum absolute atomic E-state index is 0.0332. The van der Waals surface area contributed by atoms with Gasteiger partial charge in [0.05, 0.1) is 18.4 Å². The molecule has 126 valence electrons. The molecular weight excluding hydrogens is 304 g/mol. The Hall–Kier alpha value is -2.60. The average molecular weight is 326 g/mol. The third-order valence-corrected chi connectivity index (χ3v) is 4.30. The molecule has 0 spiro atoms. The van der Waals surface area contributed by atoms with Gasteiger partial charge >= 0.3 is 0 Å². The molecule has 2 N–H and O–H groups in total. The molecule has 1 aromatic carbocycles. The maximum atomic E-state index is 12.9. The minimum atomic E-state index is -0.0332. The molecule has 1 amide bonds. The fourth-order valence-electron chi connectivity index (χ4n) is 2.88. The van der Waals surface area contributed by atoms with E-state index in [0.717, 1.165) is 25.2 Å². The SMILES string of the molecule is COc1ccccc1Nc1ncccc1C(=O)N(C)[C@@H]1CCNC1. The fourth-order valence-corrected chi connectivity index (χ4v) is 2.88. The lowest BCUT2D eigenvalue weighted by atomic mass is 10.1. The number of nitrogens with one attached hydrogen (secondary N) is 2. The second-order valence-corrected chi connectivity index (χ2v) is 5.79. The van der Waals surface area contributed by atoms with Gasteiger partial charge in [-0.25, -0.2) is 4.98 Å². The molecule has 24 heavy (non-hydrogen) atoms. The van der Waals surface area contributed by atoms with Gasteiger partial charge in [0.25, 0.3) is 5.91 Å². The predicted octanol–water partition coefficient (Wildman–Crippen LogP) is 2.27. The number of para-hydroxylation sites is 2. The van der Waals surface area contributed by atoms with Crippen LogP contribution in [0.15, 0.2) is 42.6 Å². The molecule has 1 fully saturated rings. The summed E-state index contributed by atoms with van der Waals surface area (Å²) in [6.07, 6.45) is 2.64. The Morgan fingerprint density at radius 3 is 2.92 bits per heavy atom. The monoisotopic (exact) mass is 326 g/mol. The molecule has 1 aliphatic heterocycles. The Labute approximate surface area is 141 Å². The minimum Gasteiger partial charge on any atom is -0.495 e. The molecule has 2 aromatic rings. The quantitative estimate of drug-likeness (QED) is 0.882. The number of hydrogen-bond donors (Lipinski definition) is 2. The van der Waals surface area contributed by atoms with Crippen LogP contribution in [0.4, 0.5) is 11.5 Å². The molecular formula is C18H22N4O2. The second-order valence-electron chi connectivity index (χ2n) is 5.79. The third-order valence-electron chi connectivity index (χ3n) is 4.30. The van der Waals surface area contributed by atoms with Crippen molar-refractivity contribution in [2.24, 2.45) is 0 Å². The van der Waals surface area contributed by atoms with Crippen LogP contribution in [-0.2, 0) is 0 Å². The van der Waals surface area contributed by atoms with Crippen LogP contribution in [0.25, 0.3) is 0 Å². The largest absolute Gasteiger partial charge is 0.495 e. The van der Waals surface area contributed by atoms with Crippen LogP contribution in [0.5, 0.6) is 5.75 Å². The molecule has 0 bridgehead atoms. The van der Waals surface area contributed by atoms with Crippen LogP contribution in [0.1, 0.15) is 16.8 Å². The van der Waals surface area contributed by atoms with Crippen molar-refractivity contribution in [2.75, 3.05) is 32.6 Å². The number of hydrogen-bond acceptors (Lipinski definition) is 5. The normalized spacial score (nSPS) is 16.7. The first-order valence-corrected chi connectivity index (χ1v) is 8.03. The van der Waals surface area contributed by atoms with Crippen molar-refractivity contribution in [3.05, 3.63) is 48.2 Å². The molecule has 2 heterocycles. The molecule has 1 atom stereocenters. The summed E-state index contributed by atoms with van der Waals surface area (Å²) < 4.78 is 5.35. The van der Waals surface area contributed by atoms with Crippen LogP contribution in [0, 0.1) is 0 Å². The molecule has 3 rings (SSSR count). The van der Waals surface area contributed by atoms with E-state index in [-0.39, 0.29) is 11.9 Å². The number of rotatable bonds is 5. The van der Waals surface area contributed by atoms with Gasteiger partial charge in [-0.3, -0.25) is 4.79 Å². The highest BCUT2D eigenvalue weighted by molar-refractivity contribution is 5.99. The van der Waals surface area contributed by atoms with E-state index in [1.807, 2.05) is 31.3 Å². The summed E-state index contributed by atoms with van der Waals surface area (Å²) in [6.45, 7) is 1.78. The number of carbonyl (C=O) groups excluding carboxylic acids is 1. The van der Waals surface area contributed by atoms with Crippen molar-refractivity contribution in [2.45, 2.75) is 12.5 Å². The third kappa shape index (κ3) is 3.33. The number of benzene rings is 1. The topological polar surface area (TPSA) is 66.5 Å². The summed E-state index contributed by atoms with van der Waals surface area (Å²) in [5, 5.41) is 6.51. The molecule has 0 unspecified atom stereocenters. The molecule has 0 aliphatic carbocycles. The number of ether oxygens (including phenoxy) is 1. The van der Waals surface area contributed by atoms with E-state index in [0.29, 0.717) is 17.1 Å². The van der Waals surface area contributed by atoms with Crippen molar-refractivity contribution in [3.63, 3.8) is 0 Å². The van der Waals surface area contributed by atoms with E-state index in [1.165, 1.54) is 0 Å². The first-order chi connectivity index (χ1) is 11.7. The summed E-state index contributed by atoms with van der Waals surface area (Å²) >= 11 is 0. The molecule has 6 heteroatoms. The van der Waals surface area contributed by atoms with Crippen molar-refractivity contribution in [1.29, 1.82) is 0 Å². The first kappa shape index (κ1) is 16.3. The lowest BCUT2D eigenvalue weighted by molar-refractivity contribution is 0.0744. The van der Waals surface area contributed by atoms with E-state index in [9.17, 15) is 4.79 Å². The van der Waals surface area contributed by atoms with Gasteiger partial charge in [0.2, 0.25) is 0 Å². The van der Waals surface area contributed by atoms with Crippen LogP contribution in [0.2, 0.25) is 0 Å². The maximum absolute atomic E-state index is 12.9. The Morgan fingerprint density at radius 2 is 2.17 bits per heavy atom. The summed E-state index contributed by atoms with van der Waals surface area (Å²) in [5.41, 5.74) is 1.33. The van der Waals surface area contributed by atoms with Crippen LogP contribution in [-0.4, -0.2) is 49.1 Å². The van der Waals surface area contributed by atoms with Crippen molar-refractivity contribution in [1.82, 2.24) is 15.2 Å². The summed E-state index contributed by atoms with van der Waals surface area (Å²) in [7, 11) is 3.46. The lowest BCUT2D eigenvalue weighted by Gasteiger charge is -2.24. The van der Waals surface area contributed by atoms with E-state index in [2.05, 4.69) is 15.6 Å². The van der Waals surface area contributed by atoms with Crippen molar-refractivity contribution < 1.29 is 9.53 Å². The number of aromatic nitrogens is 1. The summed E-state index contributed by atoms with van der Waals surface area (Å²) in [5.74, 6) is 1.20. The number of carbonyl (C=O) groups is 1. The summed E-state index contributed by atoms with van der Waals surface area (Å²) in [4.78, 5) is 19.0. The smallest absolute Gasteiger partial charge is 0.257 e. The predicted molar refractivity (Wildman–Crippen MR) is 93.9 cm³/mol. The van der Waals surface area contributed by atoms with Gasteiger partial charge in [-0.05, 0) is 37.2 Å². The zero-order valence-electron chi connectivity index (χ0n) is 14.0. The zero-order chi connectivity index (χ0) is 16.9. The molecule has 0 radical (unpaired) electrons. The van der Waals surface area contributed by atoms with Crippen LogP contribution >= 0.6 is 0 Å². The fraction of sp³-hybridized carbons (Fsp3) is 0.333. The Kier molecular flexibility index (Phi) is 4.96. The highest BCUT2D eigenvalue weighted by Crippen LogP contribution is 2.28. The van der Waals surface area contributed by atoms with Crippen molar-refractivity contribution in [3.8, 4) is 5.75 Å². The van der Waals surface area contributed by atoms with Gasteiger partial charge < -0.3 is 20.3 Å². The molecule has 1 aliphatic rings. The van der Waals surface area contributed by atoms with E-state index < -0.39 is 0 Å². The van der Waals surface area contributed by atoms with Gasteiger partial charge in [-0.1, -0.05) is 12.1 Å². The molecule has 6 nitrogen and oxygen atoms in total. The second kappa shape index (κ2) is 7.31. The van der Waals surface area contributed by atoms with Crippen molar-refractivity contribution >= 4 is 17.4 Å². The number of pyridine rings is 1. The average Bonchev–Trinajstić information content (AvgIpc) is 3.16. The Morgan fingerprint density at radius 1 is 1.33 bits per heavy atom. The van der Waals surface area contributed by atoms with Gasteiger partial charge in [0.1, 0.15) is 11.6 Å². The zero-order valence-corrected chi connectivity index (χ0v) is 14.0. The molecule has 0 saturated carbocycles. The lowest BCUT2D eigenvalue weighted by Crippen LogP contribution is -2.38. The Balaban J connectivity index is 1.86. The molecule has 1 aromatic heterocycles. The highest BCUT2D eigenvalue weighted by Gasteiger charge is 2.26. The van der Waals surface area contributed by atoms with Gasteiger partial charge in [-0.2, -0.15) is 0 Å². The van der Waals surface area contributed by atoms with E-state index in [1.54, 1.807) is 30.3 Å². The summed E-state index contributed by atoms with van der Waals surface area (Å²) in [6, 6.07) is 11.4. The van der Waals surface area contributed by atoms with Crippen LogP contribution in [0.3, 0.4) is 0 Å². The number of nitrogens with zero attached hydrogens (tertiary/aromatic N) is 2. The maximum Gasteiger partial charge on any atom is 0.257 e. The van der Waals surface area contributed by atoms with Gasteiger partial charge in [0.15, 0.2) is 0 Å². The highest BCUT2D eigenvalue weighted by atomic mass is 16.5. The first-order valence-electron chi connectivity index (χ1n) is 8.03. The number of methoxy groups -OCH3 is 1.